The van der Waals surface area contributed by atoms with Crippen molar-refractivity contribution >= 4 is 40.3 Å². The predicted octanol–water partition coefficient (Wildman–Crippen LogP) is 3.83. The van der Waals surface area contributed by atoms with Gasteiger partial charge in [-0.25, -0.2) is 0 Å². The molecule has 0 saturated carbocycles. The summed E-state index contributed by atoms with van der Waals surface area (Å²) in [6.07, 6.45) is 1.82. The van der Waals surface area contributed by atoms with E-state index in [4.69, 9.17) is 26.4 Å². The van der Waals surface area contributed by atoms with Gasteiger partial charge in [0.1, 0.15) is 10.1 Å². The second-order valence-corrected chi connectivity index (χ2v) is 7.37. The zero-order valence-electron chi connectivity index (χ0n) is 13.9. The van der Waals surface area contributed by atoms with Crippen LogP contribution in [0.3, 0.4) is 0 Å². The number of rotatable bonds is 4. The van der Waals surface area contributed by atoms with E-state index in [1.54, 1.807) is 12.0 Å². The molecule has 2 aromatic carbocycles. The van der Waals surface area contributed by atoms with Gasteiger partial charge in [-0.05, 0) is 29.8 Å². The molecule has 1 saturated heterocycles. The number of amides is 1. The standard InChI is InChI=1S/C19H15NO4S2/c1-22-14-5-3-2-4-13(14)9-17-18(21)20(19(25)26-17)10-12-6-7-15-16(8-12)24-11-23-15/h2-9H,10-11H2,1H3. The lowest BCUT2D eigenvalue weighted by molar-refractivity contribution is -0.122. The zero-order chi connectivity index (χ0) is 18.1. The second kappa shape index (κ2) is 7.01. The van der Waals surface area contributed by atoms with Gasteiger partial charge in [0.05, 0.1) is 18.6 Å². The van der Waals surface area contributed by atoms with E-state index in [0.29, 0.717) is 27.3 Å². The predicted molar refractivity (Wildman–Crippen MR) is 104 cm³/mol. The number of hydrogen-bond donors (Lipinski definition) is 0. The van der Waals surface area contributed by atoms with E-state index < -0.39 is 0 Å². The zero-order valence-corrected chi connectivity index (χ0v) is 15.6. The molecule has 26 heavy (non-hydrogen) atoms. The summed E-state index contributed by atoms with van der Waals surface area (Å²) in [6.45, 7) is 0.617. The highest BCUT2D eigenvalue weighted by Crippen LogP contribution is 2.37. The lowest BCUT2D eigenvalue weighted by Crippen LogP contribution is -2.27. The Balaban J connectivity index is 1.56. The van der Waals surface area contributed by atoms with Crippen molar-refractivity contribution in [2.75, 3.05) is 13.9 Å². The molecule has 0 aliphatic carbocycles. The molecule has 2 aliphatic rings. The molecule has 0 spiro atoms. The summed E-state index contributed by atoms with van der Waals surface area (Å²) in [6, 6.07) is 13.2. The van der Waals surface area contributed by atoms with Crippen molar-refractivity contribution in [1.82, 2.24) is 4.90 Å². The average molecular weight is 385 g/mol. The Bertz CT molecular complexity index is 926. The summed E-state index contributed by atoms with van der Waals surface area (Å²) in [4.78, 5) is 15.0. The van der Waals surface area contributed by atoms with E-state index in [0.717, 1.165) is 16.9 Å². The molecule has 2 aromatic rings. The Morgan fingerprint density at radius 1 is 1.23 bits per heavy atom. The van der Waals surface area contributed by atoms with Crippen molar-refractivity contribution in [2.45, 2.75) is 6.54 Å². The average Bonchev–Trinajstić information content (AvgIpc) is 3.22. The number of methoxy groups -OCH3 is 1. The topological polar surface area (TPSA) is 48.0 Å². The molecule has 0 radical (unpaired) electrons. The minimum Gasteiger partial charge on any atom is -0.496 e. The molecule has 0 unspecified atom stereocenters. The van der Waals surface area contributed by atoms with Gasteiger partial charge < -0.3 is 14.2 Å². The second-order valence-electron chi connectivity index (χ2n) is 5.70. The number of thiocarbonyl (C=S) groups is 1. The van der Waals surface area contributed by atoms with Crippen molar-refractivity contribution in [2.24, 2.45) is 0 Å². The lowest BCUT2D eigenvalue weighted by atomic mass is 10.1. The van der Waals surface area contributed by atoms with Crippen LogP contribution in [0.5, 0.6) is 17.2 Å². The van der Waals surface area contributed by atoms with Gasteiger partial charge in [0.2, 0.25) is 6.79 Å². The largest absolute Gasteiger partial charge is 0.496 e. The number of thioether (sulfide) groups is 1. The summed E-state index contributed by atoms with van der Waals surface area (Å²) in [5, 5.41) is 0. The fraction of sp³-hybridized carbons (Fsp3) is 0.158. The van der Waals surface area contributed by atoms with Gasteiger partial charge in [0, 0.05) is 5.56 Å². The fourth-order valence-corrected chi connectivity index (χ4v) is 4.03. The van der Waals surface area contributed by atoms with Gasteiger partial charge in [0.25, 0.3) is 5.91 Å². The molecule has 4 rings (SSSR count). The maximum absolute atomic E-state index is 12.8. The Morgan fingerprint density at radius 2 is 2.04 bits per heavy atom. The molecule has 0 bridgehead atoms. The molecule has 7 heteroatoms. The summed E-state index contributed by atoms with van der Waals surface area (Å²) in [5.41, 5.74) is 1.78. The Hall–Kier alpha value is -2.51. The molecule has 0 N–H and O–H groups in total. The first-order valence-electron chi connectivity index (χ1n) is 7.92. The van der Waals surface area contributed by atoms with Crippen LogP contribution in [0.25, 0.3) is 6.08 Å². The lowest BCUT2D eigenvalue weighted by Gasteiger charge is -2.14. The smallest absolute Gasteiger partial charge is 0.266 e. The molecule has 132 valence electrons. The Labute approximate surface area is 160 Å². The number of benzene rings is 2. The molecule has 0 aromatic heterocycles. The van der Waals surface area contributed by atoms with Gasteiger partial charge in [-0.1, -0.05) is 48.2 Å². The van der Waals surface area contributed by atoms with E-state index in [2.05, 4.69) is 0 Å². The Kier molecular flexibility index (Phi) is 4.57. The van der Waals surface area contributed by atoms with Crippen LogP contribution in [-0.2, 0) is 11.3 Å². The van der Waals surface area contributed by atoms with Crippen molar-refractivity contribution in [3.63, 3.8) is 0 Å². The number of hydrogen-bond acceptors (Lipinski definition) is 6. The number of nitrogens with zero attached hydrogens (tertiary/aromatic N) is 1. The third-order valence-corrected chi connectivity index (χ3v) is 5.45. The fourth-order valence-electron chi connectivity index (χ4n) is 2.79. The van der Waals surface area contributed by atoms with Crippen LogP contribution >= 0.6 is 24.0 Å². The van der Waals surface area contributed by atoms with Crippen LogP contribution in [0.15, 0.2) is 47.4 Å². The third-order valence-electron chi connectivity index (χ3n) is 4.08. The highest BCUT2D eigenvalue weighted by molar-refractivity contribution is 8.26. The first kappa shape index (κ1) is 16.9. The molecule has 5 nitrogen and oxygen atoms in total. The van der Waals surface area contributed by atoms with Gasteiger partial charge in [-0.2, -0.15) is 0 Å². The normalized spacial score (nSPS) is 17.3. The summed E-state index contributed by atoms with van der Waals surface area (Å²) in [5.74, 6) is 2.02. The van der Waals surface area contributed by atoms with Crippen LogP contribution in [-0.4, -0.2) is 29.0 Å². The van der Waals surface area contributed by atoms with Crippen molar-refractivity contribution in [3.8, 4) is 17.2 Å². The first-order chi connectivity index (χ1) is 12.7. The molecule has 0 atom stereocenters. The monoisotopic (exact) mass is 385 g/mol. The van der Waals surface area contributed by atoms with E-state index in [1.165, 1.54) is 11.8 Å². The summed E-state index contributed by atoms with van der Waals surface area (Å²) in [7, 11) is 1.61. The van der Waals surface area contributed by atoms with E-state index in [-0.39, 0.29) is 12.7 Å². The molecule has 1 amide bonds. The van der Waals surface area contributed by atoms with Crippen LogP contribution in [0, 0.1) is 0 Å². The van der Waals surface area contributed by atoms with Gasteiger partial charge in [0.15, 0.2) is 11.5 Å². The maximum Gasteiger partial charge on any atom is 0.266 e. The molecular weight excluding hydrogens is 370 g/mol. The molecule has 2 heterocycles. The van der Waals surface area contributed by atoms with E-state index in [1.807, 2.05) is 48.5 Å². The van der Waals surface area contributed by atoms with Gasteiger partial charge in [-0.3, -0.25) is 9.69 Å². The highest BCUT2D eigenvalue weighted by atomic mass is 32.2. The number of fused-ring (bicyclic) bond motifs is 1. The number of carbonyl (C=O) groups excluding carboxylic acids is 1. The summed E-state index contributed by atoms with van der Waals surface area (Å²) < 4.78 is 16.6. The van der Waals surface area contributed by atoms with E-state index >= 15 is 0 Å². The third kappa shape index (κ3) is 3.15. The molecule has 2 aliphatic heterocycles. The van der Waals surface area contributed by atoms with Crippen LogP contribution in [0.4, 0.5) is 0 Å². The molecular formula is C19H15NO4S2. The minimum absolute atomic E-state index is 0.108. The first-order valence-corrected chi connectivity index (χ1v) is 9.15. The van der Waals surface area contributed by atoms with Crippen molar-refractivity contribution in [1.29, 1.82) is 0 Å². The van der Waals surface area contributed by atoms with Crippen molar-refractivity contribution in [3.05, 3.63) is 58.5 Å². The quantitative estimate of drug-likeness (QED) is 0.589. The number of carbonyl (C=O) groups is 1. The minimum atomic E-state index is -0.108. The van der Waals surface area contributed by atoms with Crippen LogP contribution < -0.4 is 14.2 Å². The number of para-hydroxylation sites is 1. The summed E-state index contributed by atoms with van der Waals surface area (Å²) >= 11 is 6.71. The van der Waals surface area contributed by atoms with Gasteiger partial charge >= 0.3 is 0 Å². The Morgan fingerprint density at radius 3 is 2.88 bits per heavy atom. The van der Waals surface area contributed by atoms with E-state index in [9.17, 15) is 4.79 Å². The highest BCUT2D eigenvalue weighted by Gasteiger charge is 2.32. The number of ether oxygens (including phenoxy) is 3. The van der Waals surface area contributed by atoms with Crippen LogP contribution in [0.2, 0.25) is 0 Å². The SMILES string of the molecule is COc1ccccc1C=C1SC(=S)N(Cc2ccc3c(c2)OCO3)C1=O. The van der Waals surface area contributed by atoms with Crippen molar-refractivity contribution < 1.29 is 19.0 Å². The van der Waals surface area contributed by atoms with Gasteiger partial charge in [-0.15, -0.1) is 0 Å². The maximum atomic E-state index is 12.8. The molecule has 1 fully saturated rings. The van der Waals surface area contributed by atoms with Crippen LogP contribution in [0.1, 0.15) is 11.1 Å².